The lowest BCUT2D eigenvalue weighted by Gasteiger charge is -1.86. The Morgan fingerprint density at radius 2 is 2.58 bits per heavy atom. The van der Waals surface area contributed by atoms with Crippen molar-refractivity contribution in [2.24, 2.45) is 0 Å². The Bertz CT molecular complexity index is 326. The minimum Gasteiger partial charge on any atom is -0.477 e. The van der Waals surface area contributed by atoms with E-state index < -0.39 is 5.97 Å². The number of hydrogen-bond donors (Lipinski definition) is 1. The van der Waals surface area contributed by atoms with E-state index in [0.717, 1.165) is 4.90 Å². The SMILES string of the molecule is N#CCSc1csc(C(=O)O)c1. The molecule has 0 bridgehead atoms. The second kappa shape index (κ2) is 4.14. The van der Waals surface area contributed by atoms with Crippen LogP contribution in [0.15, 0.2) is 16.3 Å². The molecular formula is C7H5NO2S2. The summed E-state index contributed by atoms with van der Waals surface area (Å²) in [4.78, 5) is 11.6. The van der Waals surface area contributed by atoms with Crippen LogP contribution in [0.3, 0.4) is 0 Å². The van der Waals surface area contributed by atoms with Crippen molar-refractivity contribution in [3.63, 3.8) is 0 Å². The Balaban J connectivity index is 2.66. The molecule has 0 aliphatic rings. The highest BCUT2D eigenvalue weighted by Gasteiger charge is 2.06. The van der Waals surface area contributed by atoms with Gasteiger partial charge in [0.1, 0.15) is 4.88 Å². The molecule has 0 saturated carbocycles. The number of aromatic carboxylic acids is 1. The van der Waals surface area contributed by atoms with Crippen molar-refractivity contribution in [1.82, 2.24) is 0 Å². The minimum atomic E-state index is -0.913. The van der Waals surface area contributed by atoms with Gasteiger partial charge in [0.2, 0.25) is 0 Å². The first-order valence-corrected chi connectivity index (χ1v) is 4.92. The molecule has 0 amide bonds. The Morgan fingerprint density at radius 1 is 1.83 bits per heavy atom. The van der Waals surface area contributed by atoms with E-state index in [9.17, 15) is 4.79 Å². The van der Waals surface area contributed by atoms with Crippen LogP contribution in [0.2, 0.25) is 0 Å². The van der Waals surface area contributed by atoms with Crippen LogP contribution in [0, 0.1) is 11.3 Å². The van der Waals surface area contributed by atoms with Crippen molar-refractivity contribution < 1.29 is 9.90 Å². The molecule has 0 saturated heterocycles. The Labute approximate surface area is 77.6 Å². The molecular weight excluding hydrogens is 194 g/mol. The zero-order valence-electron chi connectivity index (χ0n) is 5.98. The van der Waals surface area contributed by atoms with Crippen LogP contribution in [-0.4, -0.2) is 16.8 Å². The average molecular weight is 199 g/mol. The quantitative estimate of drug-likeness (QED) is 0.757. The summed E-state index contributed by atoms with van der Waals surface area (Å²) in [5, 5.41) is 18.6. The predicted octanol–water partition coefficient (Wildman–Crippen LogP) is 2.06. The largest absolute Gasteiger partial charge is 0.477 e. The van der Waals surface area contributed by atoms with E-state index in [4.69, 9.17) is 10.4 Å². The monoisotopic (exact) mass is 199 g/mol. The average Bonchev–Trinajstić information content (AvgIpc) is 2.48. The fraction of sp³-hybridized carbons (Fsp3) is 0.143. The third kappa shape index (κ3) is 2.26. The van der Waals surface area contributed by atoms with E-state index in [0.29, 0.717) is 10.6 Å². The van der Waals surface area contributed by atoms with E-state index in [2.05, 4.69) is 0 Å². The summed E-state index contributed by atoms with van der Waals surface area (Å²) in [6, 6.07) is 3.55. The number of carboxylic acid groups (broad SMARTS) is 1. The molecule has 1 N–H and O–H groups in total. The van der Waals surface area contributed by atoms with Crippen LogP contribution < -0.4 is 0 Å². The fourth-order valence-electron chi connectivity index (χ4n) is 0.622. The number of carbonyl (C=O) groups is 1. The zero-order chi connectivity index (χ0) is 8.97. The van der Waals surface area contributed by atoms with Crippen molar-refractivity contribution in [1.29, 1.82) is 5.26 Å². The van der Waals surface area contributed by atoms with Crippen molar-refractivity contribution in [2.75, 3.05) is 5.75 Å². The molecule has 1 heterocycles. The summed E-state index contributed by atoms with van der Waals surface area (Å²) >= 11 is 2.52. The molecule has 0 aromatic carbocycles. The maximum Gasteiger partial charge on any atom is 0.345 e. The lowest BCUT2D eigenvalue weighted by Crippen LogP contribution is -1.89. The third-order valence-corrected chi connectivity index (χ3v) is 3.00. The molecule has 3 nitrogen and oxygen atoms in total. The molecule has 0 spiro atoms. The second-order valence-electron chi connectivity index (χ2n) is 1.90. The zero-order valence-corrected chi connectivity index (χ0v) is 7.61. The Hall–Kier alpha value is -0.990. The van der Waals surface area contributed by atoms with E-state index in [1.807, 2.05) is 6.07 Å². The summed E-state index contributed by atoms with van der Waals surface area (Å²) < 4.78 is 0. The molecule has 12 heavy (non-hydrogen) atoms. The highest BCUT2D eigenvalue weighted by atomic mass is 32.2. The number of nitrogens with zero attached hydrogens (tertiary/aromatic N) is 1. The lowest BCUT2D eigenvalue weighted by atomic mass is 10.5. The maximum atomic E-state index is 10.4. The summed E-state index contributed by atoms with van der Waals surface area (Å²) in [6.07, 6.45) is 0. The molecule has 1 aromatic rings. The highest BCUT2D eigenvalue weighted by Crippen LogP contribution is 2.24. The van der Waals surface area contributed by atoms with Crippen molar-refractivity contribution in [3.8, 4) is 6.07 Å². The van der Waals surface area contributed by atoms with E-state index in [1.165, 1.54) is 23.1 Å². The van der Waals surface area contributed by atoms with Crippen LogP contribution in [0.5, 0.6) is 0 Å². The van der Waals surface area contributed by atoms with Gasteiger partial charge in [-0.15, -0.1) is 23.1 Å². The van der Waals surface area contributed by atoms with Crippen LogP contribution in [-0.2, 0) is 0 Å². The number of hydrogen-bond acceptors (Lipinski definition) is 4. The third-order valence-electron chi connectivity index (χ3n) is 1.09. The van der Waals surface area contributed by atoms with Crippen molar-refractivity contribution in [2.45, 2.75) is 4.90 Å². The Morgan fingerprint density at radius 3 is 3.08 bits per heavy atom. The van der Waals surface area contributed by atoms with Crippen LogP contribution in [0.25, 0.3) is 0 Å². The molecule has 5 heteroatoms. The lowest BCUT2D eigenvalue weighted by molar-refractivity contribution is 0.0702. The van der Waals surface area contributed by atoms with Gasteiger partial charge >= 0.3 is 5.97 Å². The molecule has 0 fully saturated rings. The molecule has 62 valence electrons. The van der Waals surface area contributed by atoms with Gasteiger partial charge in [0, 0.05) is 10.3 Å². The predicted molar refractivity (Wildman–Crippen MR) is 47.6 cm³/mol. The van der Waals surface area contributed by atoms with Crippen LogP contribution in [0.1, 0.15) is 9.67 Å². The highest BCUT2D eigenvalue weighted by molar-refractivity contribution is 7.99. The van der Waals surface area contributed by atoms with Gasteiger partial charge in [0.05, 0.1) is 11.8 Å². The minimum absolute atomic E-state index is 0.315. The normalized spacial score (nSPS) is 9.25. The van der Waals surface area contributed by atoms with Crippen LogP contribution in [0.4, 0.5) is 0 Å². The van der Waals surface area contributed by atoms with E-state index in [-0.39, 0.29) is 0 Å². The van der Waals surface area contributed by atoms with Gasteiger partial charge in [0.15, 0.2) is 0 Å². The first kappa shape index (κ1) is 9.10. The molecule has 0 atom stereocenters. The summed E-state index contributed by atoms with van der Waals surface area (Å²) in [5.74, 6) is -0.556. The number of thioether (sulfide) groups is 1. The molecule has 1 aromatic heterocycles. The maximum absolute atomic E-state index is 10.4. The van der Waals surface area contributed by atoms with Gasteiger partial charge in [0.25, 0.3) is 0 Å². The van der Waals surface area contributed by atoms with Crippen molar-refractivity contribution in [3.05, 3.63) is 16.3 Å². The van der Waals surface area contributed by atoms with Gasteiger partial charge in [-0.2, -0.15) is 5.26 Å². The standard InChI is InChI=1S/C7H5NO2S2/c8-1-2-11-5-3-6(7(9)10)12-4-5/h3-4H,2H2,(H,9,10). The summed E-state index contributed by atoms with van der Waals surface area (Å²) in [7, 11) is 0. The van der Waals surface area contributed by atoms with Gasteiger partial charge in [-0.25, -0.2) is 4.79 Å². The van der Waals surface area contributed by atoms with Gasteiger partial charge in [-0.1, -0.05) is 0 Å². The van der Waals surface area contributed by atoms with Gasteiger partial charge in [-0.05, 0) is 6.07 Å². The molecule has 0 unspecified atom stereocenters. The number of nitriles is 1. The smallest absolute Gasteiger partial charge is 0.345 e. The first-order chi connectivity index (χ1) is 5.74. The summed E-state index contributed by atoms with van der Waals surface area (Å²) in [5.41, 5.74) is 0. The van der Waals surface area contributed by atoms with Crippen LogP contribution >= 0.6 is 23.1 Å². The van der Waals surface area contributed by atoms with Crippen molar-refractivity contribution >= 4 is 29.1 Å². The fourth-order valence-corrected chi connectivity index (χ4v) is 2.15. The molecule has 0 radical (unpaired) electrons. The second-order valence-corrected chi connectivity index (χ2v) is 3.86. The van der Waals surface area contributed by atoms with Gasteiger partial charge in [-0.3, -0.25) is 0 Å². The van der Waals surface area contributed by atoms with E-state index in [1.54, 1.807) is 11.4 Å². The van der Waals surface area contributed by atoms with E-state index >= 15 is 0 Å². The topological polar surface area (TPSA) is 61.1 Å². The number of carboxylic acids is 1. The van der Waals surface area contributed by atoms with Gasteiger partial charge < -0.3 is 5.11 Å². The number of rotatable bonds is 3. The summed E-state index contributed by atoms with van der Waals surface area (Å²) in [6.45, 7) is 0. The molecule has 0 aliphatic heterocycles. The number of thiophene rings is 1. The Kier molecular flexibility index (Phi) is 3.14. The first-order valence-electron chi connectivity index (χ1n) is 3.05. The molecule has 0 aliphatic carbocycles. The molecule has 1 rings (SSSR count).